The molecule has 0 unspecified atom stereocenters. The first-order valence-corrected chi connectivity index (χ1v) is 5.84. The summed E-state index contributed by atoms with van der Waals surface area (Å²) in [7, 11) is 0. The number of halogens is 1. The van der Waals surface area contributed by atoms with Gasteiger partial charge < -0.3 is 4.98 Å². The fourth-order valence-electron chi connectivity index (χ4n) is 1.48. The molecule has 0 saturated heterocycles. The van der Waals surface area contributed by atoms with E-state index < -0.39 is 5.69 Å². The number of hydrogen-bond donors (Lipinski definition) is 1. The molecular weight excluding hydrogens is 286 g/mol. The predicted molar refractivity (Wildman–Crippen MR) is 67.0 cm³/mol. The van der Waals surface area contributed by atoms with Gasteiger partial charge in [0.25, 0.3) is 5.56 Å². The number of nitrogens with one attached hydrogen (secondary N) is 1. The second kappa shape index (κ2) is 5.09. The van der Waals surface area contributed by atoms with E-state index in [2.05, 4.69) is 25.9 Å². The average molecular weight is 296 g/mol. The van der Waals surface area contributed by atoms with Crippen molar-refractivity contribution >= 4 is 15.9 Å². The minimum atomic E-state index is -0.396. The highest BCUT2D eigenvalue weighted by atomic mass is 79.9. The summed E-state index contributed by atoms with van der Waals surface area (Å²) in [5.41, 5.74) is 0.321. The van der Waals surface area contributed by atoms with E-state index in [0.717, 1.165) is 5.56 Å². The molecule has 0 fully saturated rings. The van der Waals surface area contributed by atoms with Gasteiger partial charge in [-0.2, -0.15) is 0 Å². The first-order valence-electron chi connectivity index (χ1n) is 5.05. The number of nitrogens with zero attached hydrogens (tertiary/aromatic N) is 2. The summed E-state index contributed by atoms with van der Waals surface area (Å²) in [4.78, 5) is 29.6. The molecule has 0 saturated carbocycles. The third-order valence-corrected chi connectivity index (χ3v) is 2.96. The van der Waals surface area contributed by atoms with Crippen molar-refractivity contribution in [2.75, 3.05) is 0 Å². The number of aryl methyl sites for hydroxylation is 1. The summed E-state index contributed by atoms with van der Waals surface area (Å²) in [6.45, 7) is 0.345. The Hall–Kier alpha value is -1.69. The van der Waals surface area contributed by atoms with Gasteiger partial charge in [-0.05, 0) is 40.0 Å². The minimum absolute atomic E-state index is 0.317. The first kappa shape index (κ1) is 11.8. The molecule has 0 atom stereocenters. The summed E-state index contributed by atoms with van der Waals surface area (Å²) in [6.07, 6.45) is 5.34. The van der Waals surface area contributed by atoms with Crippen LogP contribution in [0.4, 0.5) is 0 Å². The Kier molecular flexibility index (Phi) is 3.53. The van der Waals surface area contributed by atoms with Gasteiger partial charge in [0, 0.05) is 25.1 Å². The van der Waals surface area contributed by atoms with E-state index in [9.17, 15) is 9.59 Å². The van der Waals surface area contributed by atoms with Crippen LogP contribution in [-0.2, 0) is 13.0 Å². The van der Waals surface area contributed by atoms with Crippen molar-refractivity contribution in [1.82, 2.24) is 14.5 Å². The predicted octanol–water partition coefficient (Wildman–Crippen LogP) is 0.937. The van der Waals surface area contributed by atoms with Crippen LogP contribution >= 0.6 is 15.9 Å². The number of aromatic nitrogens is 3. The summed E-state index contributed by atoms with van der Waals surface area (Å²) in [5.74, 6) is 0. The zero-order valence-electron chi connectivity index (χ0n) is 8.89. The maximum absolute atomic E-state index is 11.7. The molecule has 0 amide bonds. The monoisotopic (exact) mass is 295 g/mol. The quantitative estimate of drug-likeness (QED) is 0.916. The lowest BCUT2D eigenvalue weighted by molar-refractivity contribution is 0.624. The van der Waals surface area contributed by atoms with E-state index in [0.29, 0.717) is 17.4 Å². The van der Waals surface area contributed by atoms with Crippen molar-refractivity contribution in [1.29, 1.82) is 0 Å². The first-order chi connectivity index (χ1) is 8.18. The maximum Gasteiger partial charge on any atom is 0.328 e. The second-order valence-electron chi connectivity index (χ2n) is 3.50. The highest BCUT2D eigenvalue weighted by Crippen LogP contribution is 2.00. The largest absolute Gasteiger partial charge is 0.328 e. The fourth-order valence-corrected chi connectivity index (χ4v) is 1.81. The Labute approximate surface area is 105 Å². The lowest BCUT2D eigenvalue weighted by Gasteiger charge is -2.04. The number of rotatable bonds is 3. The zero-order chi connectivity index (χ0) is 12.3. The molecule has 88 valence electrons. The molecule has 0 aliphatic carbocycles. The summed E-state index contributed by atoms with van der Waals surface area (Å²) >= 11 is 3.09. The van der Waals surface area contributed by atoms with Gasteiger partial charge >= 0.3 is 5.69 Å². The molecular formula is C11H10BrN3O2. The third kappa shape index (κ3) is 2.71. The number of H-pyrrole nitrogens is 1. The molecule has 1 N–H and O–H groups in total. The minimum Gasteiger partial charge on any atom is -0.313 e. The lowest BCUT2D eigenvalue weighted by Crippen LogP contribution is -2.35. The molecule has 0 bridgehead atoms. The van der Waals surface area contributed by atoms with Gasteiger partial charge in [-0.3, -0.25) is 14.3 Å². The fraction of sp³-hybridized carbons (Fsp3) is 0.182. The molecule has 6 heteroatoms. The van der Waals surface area contributed by atoms with Crippen LogP contribution in [-0.4, -0.2) is 14.5 Å². The van der Waals surface area contributed by atoms with E-state index in [1.807, 2.05) is 12.1 Å². The molecule has 0 radical (unpaired) electrons. The molecule has 2 heterocycles. The average Bonchev–Trinajstić information content (AvgIpc) is 2.35. The van der Waals surface area contributed by atoms with Crippen molar-refractivity contribution in [3.63, 3.8) is 0 Å². The third-order valence-electron chi connectivity index (χ3n) is 2.39. The van der Waals surface area contributed by atoms with E-state index in [1.165, 1.54) is 10.8 Å². The summed E-state index contributed by atoms with van der Waals surface area (Å²) < 4.78 is 1.52. The van der Waals surface area contributed by atoms with Crippen molar-refractivity contribution in [2.24, 2.45) is 0 Å². The standard InChI is InChI=1S/C11H10BrN3O2/c12-9-7-14-11(17)15(10(9)16)6-3-8-1-4-13-5-2-8/h1-2,4-5,7H,3,6H2,(H,14,17). The van der Waals surface area contributed by atoms with Crippen LogP contribution in [0.1, 0.15) is 5.56 Å². The van der Waals surface area contributed by atoms with Crippen LogP contribution in [0.25, 0.3) is 0 Å². The number of aromatic amines is 1. The summed E-state index contributed by atoms with van der Waals surface area (Å²) in [6, 6.07) is 3.72. The topological polar surface area (TPSA) is 67.8 Å². The van der Waals surface area contributed by atoms with Crippen molar-refractivity contribution < 1.29 is 0 Å². The Morgan fingerprint density at radius 3 is 2.71 bits per heavy atom. The van der Waals surface area contributed by atoms with Crippen LogP contribution in [0, 0.1) is 0 Å². The van der Waals surface area contributed by atoms with Crippen LogP contribution in [0.2, 0.25) is 0 Å². The molecule has 0 aliphatic heterocycles. The van der Waals surface area contributed by atoms with Crippen LogP contribution < -0.4 is 11.2 Å². The number of hydrogen-bond acceptors (Lipinski definition) is 3. The van der Waals surface area contributed by atoms with Gasteiger partial charge in [-0.25, -0.2) is 4.79 Å². The van der Waals surface area contributed by atoms with Crippen LogP contribution in [0.3, 0.4) is 0 Å². The number of pyridine rings is 1. The summed E-state index contributed by atoms with van der Waals surface area (Å²) in [5, 5.41) is 0. The van der Waals surface area contributed by atoms with E-state index in [4.69, 9.17) is 0 Å². The highest BCUT2D eigenvalue weighted by molar-refractivity contribution is 9.10. The van der Waals surface area contributed by atoms with Gasteiger partial charge in [-0.15, -0.1) is 0 Å². The van der Waals surface area contributed by atoms with E-state index >= 15 is 0 Å². The maximum atomic E-state index is 11.7. The smallest absolute Gasteiger partial charge is 0.313 e. The molecule has 5 nitrogen and oxygen atoms in total. The second-order valence-corrected chi connectivity index (χ2v) is 4.36. The Morgan fingerprint density at radius 1 is 1.29 bits per heavy atom. The molecule has 17 heavy (non-hydrogen) atoms. The van der Waals surface area contributed by atoms with Gasteiger partial charge in [0.2, 0.25) is 0 Å². The van der Waals surface area contributed by atoms with Gasteiger partial charge in [0.1, 0.15) is 0 Å². The van der Waals surface area contributed by atoms with Gasteiger partial charge in [0.15, 0.2) is 0 Å². The highest BCUT2D eigenvalue weighted by Gasteiger charge is 2.04. The molecule has 0 aromatic carbocycles. The van der Waals surface area contributed by atoms with Gasteiger partial charge in [0.05, 0.1) is 4.47 Å². The van der Waals surface area contributed by atoms with E-state index in [1.54, 1.807) is 12.4 Å². The Morgan fingerprint density at radius 2 is 2.00 bits per heavy atom. The Bertz CT molecular complexity index is 619. The lowest BCUT2D eigenvalue weighted by atomic mass is 10.2. The molecule has 0 aliphatic rings. The van der Waals surface area contributed by atoms with Crippen LogP contribution in [0.15, 0.2) is 44.8 Å². The van der Waals surface area contributed by atoms with Crippen molar-refractivity contribution in [3.05, 3.63) is 61.6 Å². The van der Waals surface area contributed by atoms with Gasteiger partial charge in [-0.1, -0.05) is 0 Å². The van der Waals surface area contributed by atoms with Crippen molar-refractivity contribution in [3.8, 4) is 0 Å². The molecule has 2 rings (SSSR count). The normalized spacial score (nSPS) is 10.4. The van der Waals surface area contributed by atoms with Crippen LogP contribution in [0.5, 0.6) is 0 Å². The zero-order valence-corrected chi connectivity index (χ0v) is 10.5. The SMILES string of the molecule is O=c1[nH]cc(Br)c(=O)n1CCc1ccncc1. The Balaban J connectivity index is 2.23. The van der Waals surface area contributed by atoms with E-state index in [-0.39, 0.29) is 5.56 Å². The molecule has 2 aromatic heterocycles. The van der Waals surface area contributed by atoms with Crippen molar-refractivity contribution in [2.45, 2.75) is 13.0 Å². The molecule has 0 spiro atoms. The molecule has 2 aromatic rings.